The standard InChI is InChI=1S/C16H34.C13H24N2O2/c1-3-5-7-9-11-13-15-16-14-12-10-8-6-4-2;1-3-4-5-6-7-10-14-13(17)9-8-12(2)15-11-16/h3-16H2,1-2H3;11H,2-10H2,1H3,(H,14,17)(H,15,16). The number of nitrogens with one attached hydrogen (secondary N) is 2. The van der Waals surface area contributed by atoms with Gasteiger partial charge in [-0.25, -0.2) is 0 Å². The van der Waals surface area contributed by atoms with Crippen molar-refractivity contribution >= 4 is 12.3 Å². The average molecular weight is 467 g/mol. The Kier molecular flexibility index (Phi) is 31.5. The van der Waals surface area contributed by atoms with Crippen LogP contribution in [0.15, 0.2) is 12.3 Å². The Balaban J connectivity index is 0. The predicted molar refractivity (Wildman–Crippen MR) is 145 cm³/mol. The van der Waals surface area contributed by atoms with E-state index in [0.29, 0.717) is 24.9 Å². The molecule has 4 nitrogen and oxygen atoms in total. The predicted octanol–water partition coefficient (Wildman–Crippen LogP) is 8.60. The van der Waals surface area contributed by atoms with Crippen LogP contribution < -0.4 is 10.6 Å². The molecule has 0 aromatic carbocycles. The van der Waals surface area contributed by atoms with Crippen LogP contribution in [-0.4, -0.2) is 18.9 Å². The van der Waals surface area contributed by atoms with E-state index in [9.17, 15) is 9.59 Å². The van der Waals surface area contributed by atoms with Crippen LogP contribution in [-0.2, 0) is 9.59 Å². The minimum absolute atomic E-state index is 0.0225. The molecule has 196 valence electrons. The molecule has 0 fully saturated rings. The van der Waals surface area contributed by atoms with Gasteiger partial charge in [-0.15, -0.1) is 0 Å². The second-order valence-electron chi connectivity index (χ2n) is 9.37. The number of hydrogen-bond acceptors (Lipinski definition) is 2. The Bertz CT molecular complexity index is 410. The van der Waals surface area contributed by atoms with Crippen LogP contribution in [0.4, 0.5) is 0 Å². The smallest absolute Gasteiger partial charge is 0.220 e. The van der Waals surface area contributed by atoms with Gasteiger partial charge in [0.1, 0.15) is 0 Å². The molecule has 0 spiro atoms. The van der Waals surface area contributed by atoms with E-state index in [1.807, 2.05) is 0 Å². The molecule has 0 radical (unpaired) electrons. The zero-order chi connectivity index (χ0) is 24.8. The molecule has 0 aliphatic carbocycles. The van der Waals surface area contributed by atoms with Gasteiger partial charge in [0.2, 0.25) is 12.3 Å². The normalized spacial score (nSPS) is 10.3. The highest BCUT2D eigenvalue weighted by Gasteiger charge is 2.01. The fourth-order valence-electron chi connectivity index (χ4n) is 3.73. The van der Waals surface area contributed by atoms with Gasteiger partial charge in [0.15, 0.2) is 0 Å². The summed E-state index contributed by atoms with van der Waals surface area (Å²) in [6.45, 7) is 11.1. The maximum absolute atomic E-state index is 11.4. The Morgan fingerprint density at radius 2 is 0.970 bits per heavy atom. The molecule has 0 atom stereocenters. The first-order valence-electron chi connectivity index (χ1n) is 14.3. The largest absolute Gasteiger partial charge is 0.356 e. The molecule has 4 heteroatoms. The van der Waals surface area contributed by atoms with Crippen molar-refractivity contribution in [1.82, 2.24) is 10.6 Å². The monoisotopic (exact) mass is 466 g/mol. The van der Waals surface area contributed by atoms with Crippen molar-refractivity contribution in [2.24, 2.45) is 0 Å². The lowest BCUT2D eigenvalue weighted by atomic mass is 10.0. The van der Waals surface area contributed by atoms with Gasteiger partial charge >= 0.3 is 0 Å². The highest BCUT2D eigenvalue weighted by Crippen LogP contribution is 2.12. The van der Waals surface area contributed by atoms with Crippen LogP contribution in [0.5, 0.6) is 0 Å². The summed E-state index contributed by atoms with van der Waals surface area (Å²) in [6, 6.07) is 0. The van der Waals surface area contributed by atoms with Gasteiger partial charge in [-0.3, -0.25) is 9.59 Å². The Labute approximate surface area is 207 Å². The molecular formula is C29H58N2O2. The fourth-order valence-corrected chi connectivity index (χ4v) is 3.73. The van der Waals surface area contributed by atoms with E-state index >= 15 is 0 Å². The third kappa shape index (κ3) is 32.9. The molecule has 0 heterocycles. The molecule has 0 aromatic rings. The highest BCUT2D eigenvalue weighted by molar-refractivity contribution is 5.76. The second kappa shape index (κ2) is 30.7. The van der Waals surface area contributed by atoms with E-state index in [1.54, 1.807) is 0 Å². The second-order valence-corrected chi connectivity index (χ2v) is 9.37. The minimum atomic E-state index is 0.0225. The summed E-state index contributed by atoms with van der Waals surface area (Å²) in [4.78, 5) is 21.5. The lowest BCUT2D eigenvalue weighted by Crippen LogP contribution is -2.24. The van der Waals surface area contributed by atoms with Crippen molar-refractivity contribution in [1.29, 1.82) is 0 Å². The Morgan fingerprint density at radius 1 is 0.606 bits per heavy atom. The molecule has 0 unspecified atom stereocenters. The number of carbonyl (C=O) groups excluding carboxylic acids is 2. The van der Waals surface area contributed by atoms with E-state index in [4.69, 9.17) is 0 Å². The number of carbonyl (C=O) groups is 2. The lowest BCUT2D eigenvalue weighted by molar-refractivity contribution is -0.121. The van der Waals surface area contributed by atoms with Crippen molar-refractivity contribution in [3.8, 4) is 0 Å². The average Bonchev–Trinajstić information content (AvgIpc) is 2.81. The summed E-state index contributed by atoms with van der Waals surface area (Å²) in [5, 5.41) is 5.30. The van der Waals surface area contributed by atoms with E-state index in [1.165, 1.54) is 116 Å². The van der Waals surface area contributed by atoms with Crippen LogP contribution in [0.2, 0.25) is 0 Å². The van der Waals surface area contributed by atoms with Gasteiger partial charge < -0.3 is 10.6 Å². The third-order valence-electron chi connectivity index (χ3n) is 5.98. The molecule has 0 aromatic heterocycles. The van der Waals surface area contributed by atoms with Gasteiger partial charge in [-0.1, -0.05) is 143 Å². The van der Waals surface area contributed by atoms with Crippen LogP contribution in [0.25, 0.3) is 0 Å². The van der Waals surface area contributed by atoms with E-state index in [2.05, 4.69) is 38.0 Å². The van der Waals surface area contributed by atoms with Gasteiger partial charge in [0.25, 0.3) is 0 Å². The highest BCUT2D eigenvalue weighted by atomic mass is 16.1. The summed E-state index contributed by atoms with van der Waals surface area (Å²) in [7, 11) is 0. The van der Waals surface area contributed by atoms with E-state index < -0.39 is 0 Å². The van der Waals surface area contributed by atoms with Crippen LogP contribution in [0.1, 0.15) is 156 Å². The van der Waals surface area contributed by atoms with Crippen LogP contribution >= 0.6 is 0 Å². The molecule has 2 N–H and O–H groups in total. The summed E-state index contributed by atoms with van der Waals surface area (Å²) >= 11 is 0. The van der Waals surface area contributed by atoms with Crippen molar-refractivity contribution in [3.63, 3.8) is 0 Å². The zero-order valence-corrected chi connectivity index (χ0v) is 22.7. The fraction of sp³-hybridized carbons (Fsp3) is 0.862. The molecule has 0 aliphatic rings. The Hall–Kier alpha value is -1.32. The van der Waals surface area contributed by atoms with Gasteiger partial charge in [0.05, 0.1) is 0 Å². The van der Waals surface area contributed by atoms with Crippen molar-refractivity contribution < 1.29 is 9.59 Å². The summed E-state index contributed by atoms with van der Waals surface area (Å²) in [6.07, 6.45) is 27.8. The molecule has 0 aliphatic heterocycles. The molecule has 0 saturated carbocycles. The minimum Gasteiger partial charge on any atom is -0.356 e. The molecule has 33 heavy (non-hydrogen) atoms. The van der Waals surface area contributed by atoms with Gasteiger partial charge in [-0.05, 0) is 12.8 Å². The van der Waals surface area contributed by atoms with Gasteiger partial charge in [-0.2, -0.15) is 0 Å². The number of allylic oxidation sites excluding steroid dienone is 1. The molecule has 2 amide bonds. The molecule has 0 bridgehead atoms. The zero-order valence-electron chi connectivity index (χ0n) is 22.7. The van der Waals surface area contributed by atoms with E-state index in [-0.39, 0.29) is 5.91 Å². The molecule has 0 saturated heterocycles. The van der Waals surface area contributed by atoms with E-state index in [0.717, 1.165) is 13.0 Å². The molecular weight excluding hydrogens is 408 g/mol. The summed E-state index contributed by atoms with van der Waals surface area (Å²) in [5.74, 6) is 0.0225. The number of hydrogen-bond donors (Lipinski definition) is 2. The SMILES string of the molecule is C=C(CCC(=O)NCCCCCCC)NC=O.CCCCCCCCCCCCCCCC. The number of amides is 2. The first-order valence-corrected chi connectivity index (χ1v) is 14.3. The first-order chi connectivity index (χ1) is 16.1. The molecule has 0 rings (SSSR count). The third-order valence-corrected chi connectivity index (χ3v) is 5.98. The quantitative estimate of drug-likeness (QED) is 0.110. The van der Waals surface area contributed by atoms with Crippen molar-refractivity contribution in [2.75, 3.05) is 6.54 Å². The van der Waals surface area contributed by atoms with Crippen molar-refractivity contribution in [2.45, 2.75) is 156 Å². The summed E-state index contributed by atoms with van der Waals surface area (Å²) in [5.41, 5.74) is 0.582. The number of rotatable bonds is 24. The van der Waals surface area contributed by atoms with Crippen LogP contribution in [0, 0.1) is 0 Å². The Morgan fingerprint density at radius 3 is 1.33 bits per heavy atom. The number of unbranched alkanes of at least 4 members (excludes halogenated alkanes) is 17. The maximum Gasteiger partial charge on any atom is 0.220 e. The maximum atomic E-state index is 11.4. The van der Waals surface area contributed by atoms with Crippen LogP contribution in [0.3, 0.4) is 0 Å². The first kappa shape index (κ1) is 33.9. The topological polar surface area (TPSA) is 58.2 Å². The lowest BCUT2D eigenvalue weighted by Gasteiger charge is -2.06. The summed E-state index contributed by atoms with van der Waals surface area (Å²) < 4.78 is 0. The van der Waals surface area contributed by atoms with Crippen molar-refractivity contribution in [3.05, 3.63) is 12.3 Å². The van der Waals surface area contributed by atoms with Gasteiger partial charge in [0, 0.05) is 18.7 Å².